The number of pyridine rings is 1. The predicted molar refractivity (Wildman–Crippen MR) is 82.2 cm³/mol. The molecule has 0 aromatic carbocycles. The molecule has 0 aliphatic carbocycles. The van der Waals surface area contributed by atoms with Gasteiger partial charge in [0.1, 0.15) is 11.5 Å². The maximum absolute atomic E-state index is 12.3. The van der Waals surface area contributed by atoms with Gasteiger partial charge in [0.25, 0.3) is 5.91 Å². The highest BCUT2D eigenvalue weighted by Gasteiger charge is 2.19. The van der Waals surface area contributed by atoms with E-state index < -0.39 is 0 Å². The van der Waals surface area contributed by atoms with Crippen LogP contribution < -0.4 is 10.3 Å². The Kier molecular flexibility index (Phi) is 4.36. The van der Waals surface area contributed by atoms with Gasteiger partial charge in [0, 0.05) is 39.3 Å². The molecule has 1 aromatic rings. The lowest BCUT2D eigenvalue weighted by atomic mass is 10.3. The van der Waals surface area contributed by atoms with Crippen LogP contribution in [0.2, 0.25) is 0 Å². The van der Waals surface area contributed by atoms with Crippen molar-refractivity contribution in [3.05, 3.63) is 23.9 Å². The molecule has 0 spiro atoms. The summed E-state index contributed by atoms with van der Waals surface area (Å²) in [7, 11) is 2.10. The summed E-state index contributed by atoms with van der Waals surface area (Å²) in [4.78, 5) is 21.3. The monoisotopic (exact) mass is 289 g/mol. The Morgan fingerprint density at radius 3 is 2.52 bits per heavy atom. The molecule has 1 amide bonds. The molecule has 6 nitrogen and oxygen atoms in total. The minimum absolute atomic E-state index is 0.111. The first-order valence-corrected chi connectivity index (χ1v) is 7.69. The summed E-state index contributed by atoms with van der Waals surface area (Å²) in [6.07, 6.45) is 2.42. The van der Waals surface area contributed by atoms with E-state index in [9.17, 15) is 4.79 Å². The van der Waals surface area contributed by atoms with Crippen LogP contribution in [0.1, 0.15) is 23.3 Å². The van der Waals surface area contributed by atoms with Gasteiger partial charge in [-0.1, -0.05) is 6.07 Å². The summed E-state index contributed by atoms with van der Waals surface area (Å²) < 4.78 is 0. The Morgan fingerprint density at radius 1 is 1.10 bits per heavy atom. The SMILES string of the molecule is CN1CCN(NC(=O)c2cccc(N3CCCC3)n2)CC1. The third-order valence-corrected chi connectivity index (χ3v) is 4.16. The van der Waals surface area contributed by atoms with Crippen LogP contribution in [-0.2, 0) is 0 Å². The van der Waals surface area contributed by atoms with Crippen molar-refractivity contribution in [1.82, 2.24) is 20.3 Å². The highest BCUT2D eigenvalue weighted by atomic mass is 16.2. The van der Waals surface area contributed by atoms with Crippen LogP contribution in [-0.4, -0.2) is 67.1 Å². The van der Waals surface area contributed by atoms with Gasteiger partial charge >= 0.3 is 0 Å². The Labute approximate surface area is 125 Å². The van der Waals surface area contributed by atoms with Crippen molar-refractivity contribution in [3.63, 3.8) is 0 Å². The van der Waals surface area contributed by atoms with E-state index in [1.165, 1.54) is 12.8 Å². The van der Waals surface area contributed by atoms with Gasteiger partial charge in [0.15, 0.2) is 0 Å². The second-order valence-corrected chi connectivity index (χ2v) is 5.81. The number of carbonyl (C=O) groups excluding carboxylic acids is 1. The van der Waals surface area contributed by atoms with Gasteiger partial charge in [-0.15, -0.1) is 0 Å². The zero-order chi connectivity index (χ0) is 14.7. The first-order chi connectivity index (χ1) is 10.2. The Balaban J connectivity index is 1.62. The van der Waals surface area contributed by atoms with Crippen molar-refractivity contribution in [3.8, 4) is 0 Å². The molecule has 114 valence electrons. The lowest BCUT2D eigenvalue weighted by Crippen LogP contribution is -2.52. The standard InChI is InChI=1S/C15H23N5O/c1-18-9-11-20(12-10-18)17-15(21)13-5-4-6-14(16-13)19-7-2-3-8-19/h4-6H,2-3,7-12H2,1H3,(H,17,21). The highest BCUT2D eigenvalue weighted by molar-refractivity contribution is 5.92. The van der Waals surface area contributed by atoms with Gasteiger partial charge in [-0.3, -0.25) is 10.2 Å². The van der Waals surface area contributed by atoms with E-state index >= 15 is 0 Å². The highest BCUT2D eigenvalue weighted by Crippen LogP contribution is 2.17. The molecular weight excluding hydrogens is 266 g/mol. The number of aromatic nitrogens is 1. The first-order valence-electron chi connectivity index (χ1n) is 7.69. The summed E-state index contributed by atoms with van der Waals surface area (Å²) in [5.41, 5.74) is 3.46. The molecule has 1 aromatic heterocycles. The average molecular weight is 289 g/mol. The van der Waals surface area contributed by atoms with Gasteiger partial charge in [0.2, 0.25) is 0 Å². The minimum Gasteiger partial charge on any atom is -0.357 e. The molecular formula is C15H23N5O. The van der Waals surface area contributed by atoms with Gasteiger partial charge in [-0.05, 0) is 32.0 Å². The lowest BCUT2D eigenvalue weighted by Gasteiger charge is -2.32. The van der Waals surface area contributed by atoms with E-state index in [0.717, 1.165) is 45.1 Å². The largest absolute Gasteiger partial charge is 0.357 e. The molecule has 0 unspecified atom stereocenters. The quantitative estimate of drug-likeness (QED) is 0.882. The Bertz CT molecular complexity index is 493. The maximum Gasteiger partial charge on any atom is 0.284 e. The van der Waals surface area contributed by atoms with E-state index in [4.69, 9.17) is 0 Å². The zero-order valence-corrected chi connectivity index (χ0v) is 12.6. The fourth-order valence-electron chi connectivity index (χ4n) is 2.79. The van der Waals surface area contributed by atoms with Crippen molar-refractivity contribution in [1.29, 1.82) is 0 Å². The van der Waals surface area contributed by atoms with E-state index in [-0.39, 0.29) is 5.91 Å². The predicted octanol–water partition coefficient (Wildman–Crippen LogP) is 0.574. The summed E-state index contributed by atoms with van der Waals surface area (Å²) in [6, 6.07) is 5.68. The third-order valence-electron chi connectivity index (χ3n) is 4.16. The first kappa shape index (κ1) is 14.3. The molecule has 6 heteroatoms. The van der Waals surface area contributed by atoms with Crippen molar-refractivity contribution >= 4 is 11.7 Å². The molecule has 1 N–H and O–H groups in total. The number of hydrogen-bond acceptors (Lipinski definition) is 5. The molecule has 2 aliphatic heterocycles. The molecule has 3 heterocycles. The molecule has 2 fully saturated rings. The number of amides is 1. The minimum atomic E-state index is -0.111. The third kappa shape index (κ3) is 3.51. The topological polar surface area (TPSA) is 51.7 Å². The number of hydrogen-bond donors (Lipinski definition) is 1. The van der Waals surface area contributed by atoms with Crippen molar-refractivity contribution in [2.24, 2.45) is 0 Å². The van der Waals surface area contributed by atoms with Gasteiger partial charge in [-0.25, -0.2) is 9.99 Å². The number of likely N-dealkylation sites (N-methyl/N-ethyl adjacent to an activating group) is 1. The molecule has 0 radical (unpaired) electrons. The van der Waals surface area contributed by atoms with Crippen molar-refractivity contribution < 1.29 is 4.79 Å². The van der Waals surface area contributed by atoms with Crippen LogP contribution in [0.3, 0.4) is 0 Å². The number of nitrogens with one attached hydrogen (secondary N) is 1. The molecule has 0 bridgehead atoms. The van der Waals surface area contributed by atoms with E-state index in [1.54, 1.807) is 6.07 Å². The van der Waals surface area contributed by atoms with Crippen LogP contribution in [0.4, 0.5) is 5.82 Å². The van der Waals surface area contributed by atoms with E-state index in [2.05, 4.69) is 27.3 Å². The summed E-state index contributed by atoms with van der Waals surface area (Å²) in [6.45, 7) is 5.73. The van der Waals surface area contributed by atoms with Crippen LogP contribution in [0.25, 0.3) is 0 Å². The van der Waals surface area contributed by atoms with Crippen LogP contribution >= 0.6 is 0 Å². The Morgan fingerprint density at radius 2 is 1.81 bits per heavy atom. The zero-order valence-electron chi connectivity index (χ0n) is 12.6. The fraction of sp³-hybridized carbons (Fsp3) is 0.600. The number of anilines is 1. The van der Waals surface area contributed by atoms with E-state index in [0.29, 0.717) is 5.69 Å². The molecule has 2 saturated heterocycles. The smallest absolute Gasteiger partial charge is 0.284 e. The van der Waals surface area contributed by atoms with Gasteiger partial charge < -0.3 is 9.80 Å². The lowest BCUT2D eigenvalue weighted by molar-refractivity contribution is 0.0658. The van der Waals surface area contributed by atoms with Crippen molar-refractivity contribution in [2.75, 3.05) is 51.2 Å². The molecule has 2 aliphatic rings. The van der Waals surface area contributed by atoms with Crippen LogP contribution in [0.5, 0.6) is 0 Å². The average Bonchev–Trinajstić information content (AvgIpc) is 3.04. The number of rotatable bonds is 3. The Hall–Kier alpha value is -1.66. The molecule has 3 rings (SSSR count). The number of hydrazine groups is 1. The number of carbonyl (C=O) groups is 1. The second kappa shape index (κ2) is 6.41. The maximum atomic E-state index is 12.3. The van der Waals surface area contributed by atoms with Gasteiger partial charge in [-0.2, -0.15) is 0 Å². The van der Waals surface area contributed by atoms with Crippen molar-refractivity contribution in [2.45, 2.75) is 12.8 Å². The number of piperazine rings is 1. The summed E-state index contributed by atoms with van der Waals surface area (Å²) >= 11 is 0. The van der Waals surface area contributed by atoms with Crippen LogP contribution in [0, 0.1) is 0 Å². The fourth-order valence-corrected chi connectivity index (χ4v) is 2.79. The van der Waals surface area contributed by atoms with Gasteiger partial charge in [0.05, 0.1) is 0 Å². The van der Waals surface area contributed by atoms with E-state index in [1.807, 2.05) is 17.1 Å². The second-order valence-electron chi connectivity index (χ2n) is 5.81. The molecule has 0 saturated carbocycles. The molecule has 21 heavy (non-hydrogen) atoms. The van der Waals surface area contributed by atoms with Crippen LogP contribution in [0.15, 0.2) is 18.2 Å². The normalized spacial score (nSPS) is 20.7. The summed E-state index contributed by atoms with van der Waals surface area (Å²) in [5.74, 6) is 0.805. The number of nitrogens with zero attached hydrogens (tertiary/aromatic N) is 4. The molecule has 0 atom stereocenters. The summed E-state index contributed by atoms with van der Waals surface area (Å²) in [5, 5.41) is 1.98.